The molecule has 0 aliphatic rings. The lowest BCUT2D eigenvalue weighted by molar-refractivity contribution is -0.117. The standard InChI is InChI=1S/C14H17N3O2/c1-8-4-6-11(7-5-8)12(15)13(18)16-14-9(2)10(3)17-19-14/h4-7,12H,15H2,1-3H3,(H,16,18). The minimum atomic E-state index is -0.731. The topological polar surface area (TPSA) is 81.2 Å². The average Bonchev–Trinajstić information content (AvgIpc) is 2.71. The second kappa shape index (κ2) is 5.24. The number of nitrogens with two attached hydrogens (primary N) is 1. The van der Waals surface area contributed by atoms with Crippen LogP contribution in [0, 0.1) is 20.8 Å². The molecule has 2 rings (SSSR count). The number of nitrogens with zero attached hydrogens (tertiary/aromatic N) is 1. The normalized spacial score (nSPS) is 12.2. The number of benzene rings is 1. The smallest absolute Gasteiger partial charge is 0.248 e. The largest absolute Gasteiger partial charge is 0.338 e. The Kier molecular flexibility index (Phi) is 3.66. The molecule has 0 aliphatic heterocycles. The molecule has 100 valence electrons. The zero-order valence-corrected chi connectivity index (χ0v) is 11.2. The van der Waals surface area contributed by atoms with E-state index in [-0.39, 0.29) is 5.91 Å². The van der Waals surface area contributed by atoms with Gasteiger partial charge in [0.2, 0.25) is 11.8 Å². The van der Waals surface area contributed by atoms with Crippen LogP contribution in [0.5, 0.6) is 0 Å². The maximum atomic E-state index is 12.0. The molecule has 0 bridgehead atoms. The fourth-order valence-electron chi connectivity index (χ4n) is 1.65. The molecule has 0 saturated carbocycles. The van der Waals surface area contributed by atoms with E-state index in [1.165, 1.54) is 0 Å². The zero-order valence-electron chi connectivity index (χ0n) is 11.2. The number of nitrogens with one attached hydrogen (secondary N) is 1. The van der Waals surface area contributed by atoms with Crippen LogP contribution in [0.1, 0.15) is 28.4 Å². The summed E-state index contributed by atoms with van der Waals surface area (Å²) in [4.78, 5) is 12.0. The Labute approximate surface area is 111 Å². The van der Waals surface area contributed by atoms with Crippen LogP contribution in [0.3, 0.4) is 0 Å². The van der Waals surface area contributed by atoms with Crippen molar-refractivity contribution in [3.8, 4) is 0 Å². The van der Waals surface area contributed by atoms with Crippen LogP contribution in [0.15, 0.2) is 28.8 Å². The second-order valence-corrected chi connectivity index (χ2v) is 4.60. The number of aromatic nitrogens is 1. The van der Waals surface area contributed by atoms with Crippen molar-refractivity contribution in [3.63, 3.8) is 0 Å². The molecule has 5 heteroatoms. The highest BCUT2D eigenvalue weighted by Gasteiger charge is 2.19. The van der Waals surface area contributed by atoms with E-state index in [1.54, 1.807) is 0 Å². The van der Waals surface area contributed by atoms with Crippen LogP contribution in [0.2, 0.25) is 0 Å². The molecule has 1 aromatic carbocycles. The van der Waals surface area contributed by atoms with Crippen molar-refractivity contribution >= 4 is 11.8 Å². The number of hydrogen-bond donors (Lipinski definition) is 2. The van der Waals surface area contributed by atoms with E-state index >= 15 is 0 Å². The van der Waals surface area contributed by atoms with Crippen LogP contribution in [-0.4, -0.2) is 11.1 Å². The molecule has 1 unspecified atom stereocenters. The van der Waals surface area contributed by atoms with E-state index in [0.29, 0.717) is 5.88 Å². The van der Waals surface area contributed by atoms with Crippen LogP contribution in [-0.2, 0) is 4.79 Å². The van der Waals surface area contributed by atoms with E-state index in [0.717, 1.165) is 22.4 Å². The van der Waals surface area contributed by atoms with Gasteiger partial charge in [-0.15, -0.1) is 0 Å². The molecule has 0 spiro atoms. The Morgan fingerprint density at radius 3 is 2.42 bits per heavy atom. The highest BCUT2D eigenvalue weighted by molar-refractivity contribution is 5.94. The number of rotatable bonds is 3. The van der Waals surface area contributed by atoms with Crippen molar-refractivity contribution in [1.82, 2.24) is 5.16 Å². The number of carbonyl (C=O) groups is 1. The molecule has 5 nitrogen and oxygen atoms in total. The first-order valence-corrected chi connectivity index (χ1v) is 6.05. The Balaban J connectivity index is 2.11. The van der Waals surface area contributed by atoms with Gasteiger partial charge in [-0.05, 0) is 26.3 Å². The van der Waals surface area contributed by atoms with Gasteiger partial charge in [0.05, 0.1) is 5.69 Å². The number of amides is 1. The predicted octanol–water partition coefficient (Wildman–Crippen LogP) is 2.24. The molecule has 1 heterocycles. The molecule has 0 saturated heterocycles. The fourth-order valence-corrected chi connectivity index (χ4v) is 1.65. The summed E-state index contributed by atoms with van der Waals surface area (Å²) in [6, 6.07) is 6.81. The Hall–Kier alpha value is -2.14. The Morgan fingerprint density at radius 1 is 1.26 bits per heavy atom. The van der Waals surface area contributed by atoms with Gasteiger partial charge in [0, 0.05) is 5.56 Å². The van der Waals surface area contributed by atoms with E-state index in [2.05, 4.69) is 10.5 Å². The summed E-state index contributed by atoms with van der Waals surface area (Å²) in [5.41, 5.74) is 9.36. The number of anilines is 1. The van der Waals surface area contributed by atoms with Gasteiger partial charge < -0.3 is 10.3 Å². The first-order chi connectivity index (χ1) is 8.99. The summed E-state index contributed by atoms with van der Waals surface area (Å²) in [7, 11) is 0. The van der Waals surface area contributed by atoms with Crippen molar-refractivity contribution in [2.75, 3.05) is 5.32 Å². The lowest BCUT2D eigenvalue weighted by Gasteiger charge is -2.11. The van der Waals surface area contributed by atoms with E-state index in [4.69, 9.17) is 10.3 Å². The van der Waals surface area contributed by atoms with Crippen molar-refractivity contribution in [3.05, 3.63) is 46.6 Å². The summed E-state index contributed by atoms with van der Waals surface area (Å²) < 4.78 is 5.03. The minimum absolute atomic E-state index is 0.317. The van der Waals surface area contributed by atoms with Crippen molar-refractivity contribution in [2.45, 2.75) is 26.8 Å². The van der Waals surface area contributed by atoms with Gasteiger partial charge >= 0.3 is 0 Å². The van der Waals surface area contributed by atoms with Gasteiger partial charge in [0.15, 0.2) is 0 Å². The van der Waals surface area contributed by atoms with Crippen LogP contribution >= 0.6 is 0 Å². The Bertz CT molecular complexity index is 587. The second-order valence-electron chi connectivity index (χ2n) is 4.60. The van der Waals surface area contributed by atoms with Gasteiger partial charge in [0.1, 0.15) is 6.04 Å². The summed E-state index contributed by atoms with van der Waals surface area (Å²) >= 11 is 0. The first-order valence-electron chi connectivity index (χ1n) is 6.05. The van der Waals surface area contributed by atoms with Crippen LogP contribution < -0.4 is 11.1 Å². The third-order valence-electron chi connectivity index (χ3n) is 3.11. The summed E-state index contributed by atoms with van der Waals surface area (Å²) in [5.74, 6) is 0.0353. The molecule has 2 aromatic rings. The first kappa shape index (κ1) is 13.3. The van der Waals surface area contributed by atoms with Gasteiger partial charge in [-0.3, -0.25) is 10.1 Å². The van der Waals surface area contributed by atoms with Gasteiger partial charge in [-0.25, -0.2) is 0 Å². The SMILES string of the molecule is Cc1ccc(C(N)C(=O)Nc2onc(C)c2C)cc1. The number of carbonyl (C=O) groups excluding carboxylic acids is 1. The third kappa shape index (κ3) is 2.82. The molecule has 0 radical (unpaired) electrons. The molecule has 0 aliphatic carbocycles. The highest BCUT2D eigenvalue weighted by atomic mass is 16.5. The molecule has 19 heavy (non-hydrogen) atoms. The summed E-state index contributed by atoms with van der Waals surface area (Å²) in [6.45, 7) is 5.63. The molecule has 0 fully saturated rings. The average molecular weight is 259 g/mol. The zero-order chi connectivity index (χ0) is 14.0. The van der Waals surface area contributed by atoms with E-state index in [1.807, 2.05) is 45.0 Å². The predicted molar refractivity (Wildman–Crippen MR) is 72.7 cm³/mol. The summed E-state index contributed by atoms with van der Waals surface area (Å²) in [5, 5.41) is 6.43. The van der Waals surface area contributed by atoms with Gasteiger partial charge in [-0.1, -0.05) is 35.0 Å². The quantitative estimate of drug-likeness (QED) is 0.885. The molecular formula is C14H17N3O2. The molecule has 1 atom stereocenters. The Morgan fingerprint density at radius 2 is 1.89 bits per heavy atom. The monoisotopic (exact) mass is 259 g/mol. The van der Waals surface area contributed by atoms with Crippen molar-refractivity contribution in [1.29, 1.82) is 0 Å². The number of aryl methyl sites for hydroxylation is 2. The van der Waals surface area contributed by atoms with Crippen LogP contribution in [0.25, 0.3) is 0 Å². The number of hydrogen-bond acceptors (Lipinski definition) is 4. The molecule has 1 amide bonds. The van der Waals surface area contributed by atoms with Crippen molar-refractivity contribution < 1.29 is 9.32 Å². The molecule has 1 aromatic heterocycles. The van der Waals surface area contributed by atoms with Gasteiger partial charge in [0.25, 0.3) is 0 Å². The molecular weight excluding hydrogens is 242 g/mol. The maximum Gasteiger partial charge on any atom is 0.248 e. The van der Waals surface area contributed by atoms with E-state index in [9.17, 15) is 4.79 Å². The minimum Gasteiger partial charge on any atom is -0.338 e. The van der Waals surface area contributed by atoms with Gasteiger partial charge in [-0.2, -0.15) is 0 Å². The third-order valence-corrected chi connectivity index (χ3v) is 3.11. The summed E-state index contributed by atoms with van der Waals surface area (Å²) in [6.07, 6.45) is 0. The lowest BCUT2D eigenvalue weighted by Crippen LogP contribution is -2.27. The highest BCUT2D eigenvalue weighted by Crippen LogP contribution is 2.19. The fraction of sp³-hybridized carbons (Fsp3) is 0.286. The van der Waals surface area contributed by atoms with Crippen molar-refractivity contribution in [2.24, 2.45) is 5.73 Å². The maximum absolute atomic E-state index is 12.0. The van der Waals surface area contributed by atoms with E-state index < -0.39 is 6.04 Å². The van der Waals surface area contributed by atoms with Crippen LogP contribution in [0.4, 0.5) is 5.88 Å². The lowest BCUT2D eigenvalue weighted by atomic mass is 10.1. The molecule has 3 N–H and O–H groups in total.